The molecule has 0 N–H and O–H groups in total. The van der Waals surface area contributed by atoms with Gasteiger partial charge in [-0.25, -0.2) is 0 Å². The molecule has 0 bridgehead atoms. The highest BCUT2D eigenvalue weighted by atomic mass is 16.5. The molecular formula is C10H13NO. The van der Waals surface area contributed by atoms with Gasteiger partial charge in [-0.3, -0.25) is 0 Å². The first-order valence-corrected chi connectivity index (χ1v) is 4.19. The molecule has 2 rings (SSSR count). The average molecular weight is 163 g/mol. The Morgan fingerprint density at radius 2 is 1.83 bits per heavy atom. The van der Waals surface area contributed by atoms with E-state index >= 15 is 0 Å². The standard InChI is InChI=1S/C8H7NO.C2H6/c1-6-7-4-2-3-5-8(7)9-10-6;1-2/h2-5H,1H3;1-2H3. The molecule has 2 heteroatoms. The Morgan fingerprint density at radius 3 is 2.50 bits per heavy atom. The Balaban J connectivity index is 0.000000336. The molecular weight excluding hydrogens is 150 g/mol. The van der Waals surface area contributed by atoms with Gasteiger partial charge in [0.15, 0.2) is 0 Å². The van der Waals surface area contributed by atoms with Crippen molar-refractivity contribution in [3.05, 3.63) is 30.0 Å². The molecule has 1 heterocycles. The molecule has 0 saturated heterocycles. The summed E-state index contributed by atoms with van der Waals surface area (Å²) >= 11 is 0. The molecule has 0 unspecified atom stereocenters. The lowest BCUT2D eigenvalue weighted by molar-refractivity contribution is 0.405. The van der Waals surface area contributed by atoms with E-state index in [4.69, 9.17) is 4.52 Å². The molecule has 0 aliphatic carbocycles. The number of aryl methyl sites for hydroxylation is 1. The van der Waals surface area contributed by atoms with Crippen LogP contribution in [0.2, 0.25) is 0 Å². The van der Waals surface area contributed by atoms with E-state index in [9.17, 15) is 0 Å². The number of rotatable bonds is 0. The largest absolute Gasteiger partial charge is 0.360 e. The Morgan fingerprint density at radius 1 is 1.17 bits per heavy atom. The predicted octanol–water partition coefficient (Wildman–Crippen LogP) is 3.16. The van der Waals surface area contributed by atoms with Crippen LogP contribution >= 0.6 is 0 Å². The highest BCUT2D eigenvalue weighted by Crippen LogP contribution is 2.15. The first-order valence-electron chi connectivity index (χ1n) is 4.19. The molecule has 0 amide bonds. The van der Waals surface area contributed by atoms with E-state index in [-0.39, 0.29) is 0 Å². The SMILES string of the molecule is CC.Cc1onc2ccccc12. The van der Waals surface area contributed by atoms with Gasteiger partial charge in [0, 0.05) is 5.39 Å². The second-order valence-corrected chi connectivity index (χ2v) is 2.26. The van der Waals surface area contributed by atoms with Crippen LogP contribution in [0, 0.1) is 6.92 Å². The maximum Gasteiger partial charge on any atom is 0.141 e. The van der Waals surface area contributed by atoms with E-state index in [0.29, 0.717) is 0 Å². The molecule has 0 spiro atoms. The molecule has 1 aromatic heterocycles. The Kier molecular flexibility index (Phi) is 2.86. The molecule has 0 radical (unpaired) electrons. The van der Waals surface area contributed by atoms with Crippen molar-refractivity contribution < 1.29 is 4.52 Å². The molecule has 2 nitrogen and oxygen atoms in total. The first kappa shape index (κ1) is 8.78. The van der Waals surface area contributed by atoms with Crippen molar-refractivity contribution in [3.63, 3.8) is 0 Å². The van der Waals surface area contributed by atoms with E-state index in [2.05, 4.69) is 5.16 Å². The van der Waals surface area contributed by atoms with Crippen molar-refractivity contribution in [3.8, 4) is 0 Å². The maximum atomic E-state index is 4.96. The van der Waals surface area contributed by atoms with Crippen molar-refractivity contribution in [1.29, 1.82) is 0 Å². The third-order valence-electron chi connectivity index (χ3n) is 1.56. The second kappa shape index (κ2) is 3.90. The minimum absolute atomic E-state index is 0.885. The van der Waals surface area contributed by atoms with Gasteiger partial charge in [0.25, 0.3) is 0 Å². The third-order valence-corrected chi connectivity index (χ3v) is 1.56. The summed E-state index contributed by atoms with van der Waals surface area (Å²) in [6.07, 6.45) is 0. The van der Waals surface area contributed by atoms with E-state index in [1.165, 1.54) is 0 Å². The van der Waals surface area contributed by atoms with Gasteiger partial charge < -0.3 is 4.52 Å². The number of fused-ring (bicyclic) bond motifs is 1. The number of hydrogen-bond donors (Lipinski definition) is 0. The number of benzene rings is 1. The minimum atomic E-state index is 0.885. The number of hydrogen-bond acceptors (Lipinski definition) is 2. The van der Waals surface area contributed by atoms with Crippen LogP contribution < -0.4 is 0 Å². The molecule has 1 aromatic carbocycles. The Labute approximate surface area is 72.2 Å². The molecule has 0 aliphatic heterocycles. The van der Waals surface area contributed by atoms with Crippen LogP contribution in [0.5, 0.6) is 0 Å². The quantitative estimate of drug-likeness (QED) is 0.596. The fourth-order valence-corrected chi connectivity index (χ4v) is 1.02. The highest BCUT2D eigenvalue weighted by Gasteiger charge is 1.99. The highest BCUT2D eigenvalue weighted by molar-refractivity contribution is 5.79. The molecule has 0 fully saturated rings. The van der Waals surface area contributed by atoms with Crippen molar-refractivity contribution in [2.45, 2.75) is 20.8 Å². The zero-order valence-electron chi connectivity index (χ0n) is 7.66. The monoisotopic (exact) mass is 163 g/mol. The lowest BCUT2D eigenvalue weighted by Crippen LogP contribution is -1.64. The number of nitrogens with zero attached hydrogens (tertiary/aromatic N) is 1. The van der Waals surface area contributed by atoms with Crippen LogP contribution in [-0.2, 0) is 0 Å². The van der Waals surface area contributed by atoms with Crippen molar-refractivity contribution >= 4 is 10.9 Å². The van der Waals surface area contributed by atoms with E-state index < -0.39 is 0 Å². The fourth-order valence-electron chi connectivity index (χ4n) is 1.02. The van der Waals surface area contributed by atoms with E-state index in [1.807, 2.05) is 45.0 Å². The summed E-state index contributed by atoms with van der Waals surface area (Å²) in [4.78, 5) is 0. The van der Waals surface area contributed by atoms with E-state index in [1.54, 1.807) is 0 Å². The lowest BCUT2D eigenvalue weighted by atomic mass is 10.2. The van der Waals surface area contributed by atoms with Crippen molar-refractivity contribution in [2.75, 3.05) is 0 Å². The van der Waals surface area contributed by atoms with Gasteiger partial charge in [-0.15, -0.1) is 0 Å². The Bertz CT molecular complexity index is 351. The molecule has 0 saturated carbocycles. The topological polar surface area (TPSA) is 26.0 Å². The molecule has 2 aromatic rings. The van der Waals surface area contributed by atoms with Crippen molar-refractivity contribution in [1.82, 2.24) is 5.16 Å². The first-order chi connectivity index (χ1) is 5.88. The number of aromatic nitrogens is 1. The van der Waals surface area contributed by atoms with Gasteiger partial charge in [-0.05, 0) is 19.1 Å². The van der Waals surface area contributed by atoms with Gasteiger partial charge >= 0.3 is 0 Å². The summed E-state index contributed by atoms with van der Waals surface area (Å²) in [5.41, 5.74) is 0.931. The van der Waals surface area contributed by atoms with E-state index in [0.717, 1.165) is 16.7 Å². The zero-order chi connectivity index (χ0) is 8.97. The Hall–Kier alpha value is -1.31. The summed E-state index contributed by atoms with van der Waals surface area (Å²) < 4.78 is 4.96. The lowest BCUT2D eigenvalue weighted by Gasteiger charge is -1.82. The van der Waals surface area contributed by atoms with Crippen LogP contribution in [-0.4, -0.2) is 5.16 Å². The minimum Gasteiger partial charge on any atom is -0.360 e. The van der Waals surface area contributed by atoms with Gasteiger partial charge in [0.05, 0.1) is 0 Å². The molecule has 0 atom stereocenters. The zero-order valence-corrected chi connectivity index (χ0v) is 7.66. The van der Waals surface area contributed by atoms with Crippen LogP contribution in [0.1, 0.15) is 19.6 Å². The van der Waals surface area contributed by atoms with Crippen LogP contribution in [0.15, 0.2) is 28.8 Å². The third kappa shape index (κ3) is 1.47. The van der Waals surface area contributed by atoms with Crippen molar-refractivity contribution in [2.24, 2.45) is 0 Å². The molecule has 64 valence electrons. The van der Waals surface area contributed by atoms with Gasteiger partial charge in [-0.1, -0.05) is 31.1 Å². The summed E-state index contributed by atoms with van der Waals surface area (Å²) in [6.45, 7) is 5.91. The maximum absolute atomic E-state index is 4.96. The summed E-state index contributed by atoms with van der Waals surface area (Å²) in [6, 6.07) is 7.86. The normalized spacial score (nSPS) is 9.25. The van der Waals surface area contributed by atoms with Gasteiger partial charge in [0.1, 0.15) is 11.3 Å². The summed E-state index contributed by atoms with van der Waals surface area (Å²) in [5.74, 6) is 0.885. The summed E-state index contributed by atoms with van der Waals surface area (Å²) in [7, 11) is 0. The van der Waals surface area contributed by atoms with Crippen LogP contribution in [0.4, 0.5) is 0 Å². The van der Waals surface area contributed by atoms with Crippen LogP contribution in [0.3, 0.4) is 0 Å². The second-order valence-electron chi connectivity index (χ2n) is 2.26. The fraction of sp³-hybridized carbons (Fsp3) is 0.300. The van der Waals surface area contributed by atoms with Gasteiger partial charge in [-0.2, -0.15) is 0 Å². The van der Waals surface area contributed by atoms with Gasteiger partial charge in [0.2, 0.25) is 0 Å². The van der Waals surface area contributed by atoms with Crippen LogP contribution in [0.25, 0.3) is 10.9 Å². The molecule has 0 aliphatic rings. The summed E-state index contributed by atoms with van der Waals surface area (Å²) in [5, 5.41) is 4.94. The smallest absolute Gasteiger partial charge is 0.141 e. The molecule has 12 heavy (non-hydrogen) atoms. The average Bonchev–Trinajstić information content (AvgIpc) is 2.53. The predicted molar refractivity (Wildman–Crippen MR) is 50.1 cm³/mol.